The minimum Gasteiger partial charge on any atom is -0.355 e. The molecule has 7 nitrogen and oxygen atoms in total. The van der Waals surface area contributed by atoms with Crippen molar-refractivity contribution in [2.24, 2.45) is 11.8 Å². The normalized spacial score (nSPS) is 22.0. The second-order valence-corrected chi connectivity index (χ2v) is 8.89. The molecule has 1 aromatic carbocycles. The molecule has 0 radical (unpaired) electrons. The standard InChI is InChI=1S/C18H18F2N4O3S/c19-18(20)28(26,27)15-4-2-1-3-14(15)17(25)24-10-12-8-23(9-13(12)11-24)16-7-21-5-6-22-16/h1-7,12-13,18H,8-11H2. The maximum Gasteiger partial charge on any atom is 0.341 e. The second-order valence-electron chi connectivity index (χ2n) is 7.00. The first kappa shape index (κ1) is 18.7. The van der Waals surface area contributed by atoms with Gasteiger partial charge in [-0.1, -0.05) is 12.1 Å². The highest BCUT2D eigenvalue weighted by Crippen LogP contribution is 2.34. The van der Waals surface area contributed by atoms with Gasteiger partial charge in [-0.3, -0.25) is 9.78 Å². The molecule has 1 amide bonds. The Kier molecular flexibility index (Phi) is 4.74. The molecule has 148 valence electrons. The zero-order valence-corrected chi connectivity index (χ0v) is 15.6. The molecule has 1 aromatic heterocycles. The Morgan fingerprint density at radius 2 is 1.75 bits per heavy atom. The van der Waals surface area contributed by atoms with Crippen LogP contribution in [0.3, 0.4) is 0 Å². The fraction of sp³-hybridized carbons (Fsp3) is 0.389. The zero-order chi connectivity index (χ0) is 19.9. The van der Waals surface area contributed by atoms with E-state index in [4.69, 9.17) is 0 Å². The van der Waals surface area contributed by atoms with E-state index in [1.807, 2.05) is 0 Å². The van der Waals surface area contributed by atoms with Gasteiger partial charge in [-0.05, 0) is 12.1 Å². The van der Waals surface area contributed by atoms with Crippen molar-refractivity contribution < 1.29 is 22.0 Å². The zero-order valence-electron chi connectivity index (χ0n) is 14.8. The third kappa shape index (κ3) is 3.21. The summed E-state index contributed by atoms with van der Waals surface area (Å²) < 4.78 is 49.8. The lowest BCUT2D eigenvalue weighted by molar-refractivity contribution is 0.0778. The number of carbonyl (C=O) groups excluding carboxylic acids is 1. The van der Waals surface area contributed by atoms with Gasteiger partial charge in [0, 0.05) is 50.4 Å². The van der Waals surface area contributed by atoms with Crippen molar-refractivity contribution in [3.63, 3.8) is 0 Å². The number of hydrogen-bond donors (Lipinski definition) is 0. The van der Waals surface area contributed by atoms with Crippen molar-refractivity contribution >= 4 is 21.6 Å². The minimum atomic E-state index is -4.85. The summed E-state index contributed by atoms with van der Waals surface area (Å²) in [5.41, 5.74) is -0.200. The summed E-state index contributed by atoms with van der Waals surface area (Å²) in [6, 6.07) is 5.16. The molecule has 0 bridgehead atoms. The summed E-state index contributed by atoms with van der Waals surface area (Å²) in [5.74, 6) is -2.89. The van der Waals surface area contributed by atoms with Crippen molar-refractivity contribution in [3.8, 4) is 0 Å². The number of carbonyl (C=O) groups is 1. The molecule has 3 heterocycles. The largest absolute Gasteiger partial charge is 0.355 e. The number of amides is 1. The second kappa shape index (κ2) is 7.08. The number of hydrogen-bond acceptors (Lipinski definition) is 6. The van der Waals surface area contributed by atoms with Gasteiger partial charge >= 0.3 is 5.76 Å². The van der Waals surface area contributed by atoms with Gasteiger partial charge in [0.05, 0.1) is 16.7 Å². The van der Waals surface area contributed by atoms with Crippen LogP contribution in [0.4, 0.5) is 14.6 Å². The molecule has 10 heteroatoms. The number of benzene rings is 1. The van der Waals surface area contributed by atoms with Crippen LogP contribution in [-0.4, -0.2) is 61.1 Å². The van der Waals surface area contributed by atoms with E-state index in [0.717, 1.165) is 11.9 Å². The average molecular weight is 408 g/mol. The molecule has 2 aliphatic rings. The van der Waals surface area contributed by atoms with Gasteiger partial charge in [0.15, 0.2) is 0 Å². The van der Waals surface area contributed by atoms with Gasteiger partial charge in [0.25, 0.3) is 5.91 Å². The van der Waals surface area contributed by atoms with E-state index in [2.05, 4.69) is 14.9 Å². The van der Waals surface area contributed by atoms with Crippen LogP contribution in [0.15, 0.2) is 47.8 Å². The fourth-order valence-electron chi connectivity index (χ4n) is 3.96. The molecule has 0 spiro atoms. The van der Waals surface area contributed by atoms with E-state index in [0.29, 0.717) is 26.2 Å². The number of anilines is 1. The van der Waals surface area contributed by atoms with E-state index in [9.17, 15) is 22.0 Å². The number of likely N-dealkylation sites (tertiary alicyclic amines) is 1. The molecular weight excluding hydrogens is 390 g/mol. The Bertz CT molecular complexity index is 973. The third-order valence-electron chi connectivity index (χ3n) is 5.31. The van der Waals surface area contributed by atoms with E-state index in [1.165, 1.54) is 18.2 Å². The summed E-state index contributed by atoms with van der Waals surface area (Å²) in [4.78, 5) is 24.3. The first-order valence-electron chi connectivity index (χ1n) is 8.79. The van der Waals surface area contributed by atoms with Gasteiger partial charge in [-0.25, -0.2) is 13.4 Å². The molecule has 2 fully saturated rings. The van der Waals surface area contributed by atoms with Crippen LogP contribution in [0, 0.1) is 11.8 Å². The molecule has 0 aliphatic carbocycles. The molecule has 2 aliphatic heterocycles. The van der Waals surface area contributed by atoms with E-state index in [-0.39, 0.29) is 17.4 Å². The topological polar surface area (TPSA) is 83.5 Å². The molecule has 2 saturated heterocycles. The van der Waals surface area contributed by atoms with Crippen LogP contribution in [0.1, 0.15) is 10.4 Å². The van der Waals surface area contributed by atoms with Crippen LogP contribution in [0.25, 0.3) is 0 Å². The molecule has 4 rings (SSSR count). The van der Waals surface area contributed by atoms with E-state index >= 15 is 0 Å². The van der Waals surface area contributed by atoms with Gasteiger partial charge in [0.2, 0.25) is 9.84 Å². The number of fused-ring (bicyclic) bond motifs is 1. The van der Waals surface area contributed by atoms with Crippen LogP contribution < -0.4 is 4.90 Å². The Morgan fingerprint density at radius 3 is 2.36 bits per heavy atom. The summed E-state index contributed by atoms with van der Waals surface area (Å²) >= 11 is 0. The number of alkyl halides is 2. The minimum absolute atomic E-state index is 0.200. The Labute approximate surface area is 160 Å². The highest BCUT2D eigenvalue weighted by atomic mass is 32.2. The first-order valence-corrected chi connectivity index (χ1v) is 10.3. The Morgan fingerprint density at radius 1 is 1.07 bits per heavy atom. The molecule has 0 N–H and O–H groups in total. The molecule has 2 atom stereocenters. The third-order valence-corrected chi connectivity index (χ3v) is 6.74. The lowest BCUT2D eigenvalue weighted by Gasteiger charge is -2.23. The van der Waals surface area contributed by atoms with Gasteiger partial charge in [0.1, 0.15) is 5.82 Å². The molecule has 0 saturated carbocycles. The molecular formula is C18H18F2N4O3S. The van der Waals surface area contributed by atoms with Crippen LogP contribution in [-0.2, 0) is 9.84 Å². The van der Waals surface area contributed by atoms with Gasteiger partial charge < -0.3 is 9.80 Å². The summed E-state index contributed by atoms with van der Waals surface area (Å²) in [6.45, 7) is 2.32. The highest BCUT2D eigenvalue weighted by molar-refractivity contribution is 7.91. The van der Waals surface area contributed by atoms with E-state index < -0.39 is 26.4 Å². The van der Waals surface area contributed by atoms with Crippen LogP contribution in [0.2, 0.25) is 0 Å². The quantitative estimate of drug-likeness (QED) is 0.766. The summed E-state index contributed by atoms with van der Waals surface area (Å²) in [5, 5.41) is 0. The van der Waals surface area contributed by atoms with Crippen LogP contribution >= 0.6 is 0 Å². The summed E-state index contributed by atoms with van der Waals surface area (Å²) in [6.07, 6.45) is 4.92. The monoisotopic (exact) mass is 408 g/mol. The maximum absolute atomic E-state index is 13.0. The SMILES string of the molecule is O=C(c1ccccc1S(=O)(=O)C(F)F)N1CC2CN(c3cnccn3)CC2C1. The first-order chi connectivity index (χ1) is 13.4. The number of sulfone groups is 1. The highest BCUT2D eigenvalue weighted by Gasteiger charge is 2.43. The lowest BCUT2D eigenvalue weighted by atomic mass is 10.0. The van der Waals surface area contributed by atoms with Crippen molar-refractivity contribution in [3.05, 3.63) is 48.4 Å². The van der Waals surface area contributed by atoms with Crippen molar-refractivity contribution in [2.45, 2.75) is 10.7 Å². The average Bonchev–Trinajstić information content (AvgIpc) is 3.27. The predicted octanol–water partition coefficient (Wildman–Crippen LogP) is 1.68. The van der Waals surface area contributed by atoms with Crippen molar-refractivity contribution in [1.29, 1.82) is 0 Å². The van der Waals surface area contributed by atoms with Crippen molar-refractivity contribution in [2.75, 3.05) is 31.1 Å². The summed E-state index contributed by atoms with van der Waals surface area (Å²) in [7, 11) is -4.85. The van der Waals surface area contributed by atoms with Gasteiger partial charge in [-0.2, -0.15) is 8.78 Å². The smallest absolute Gasteiger partial charge is 0.341 e. The lowest BCUT2D eigenvalue weighted by Crippen LogP contribution is -2.34. The number of aromatic nitrogens is 2. The number of nitrogens with zero attached hydrogens (tertiary/aromatic N) is 4. The van der Waals surface area contributed by atoms with Gasteiger partial charge in [-0.15, -0.1) is 0 Å². The molecule has 2 aromatic rings. The number of rotatable bonds is 4. The van der Waals surface area contributed by atoms with Crippen LogP contribution in [0.5, 0.6) is 0 Å². The predicted molar refractivity (Wildman–Crippen MR) is 96.8 cm³/mol. The number of halogens is 2. The maximum atomic E-state index is 13.0. The molecule has 2 unspecified atom stereocenters. The Balaban J connectivity index is 1.51. The van der Waals surface area contributed by atoms with Crippen molar-refractivity contribution in [1.82, 2.24) is 14.9 Å². The molecule has 28 heavy (non-hydrogen) atoms. The van der Waals surface area contributed by atoms with E-state index in [1.54, 1.807) is 23.5 Å². The Hall–Kier alpha value is -2.62. The fourth-order valence-corrected chi connectivity index (χ4v) is 4.88.